The number of nitrogens with zero attached hydrogens (tertiary/aromatic N) is 8. The summed E-state index contributed by atoms with van der Waals surface area (Å²) in [6.45, 7) is 26.7. The highest BCUT2D eigenvalue weighted by Crippen LogP contribution is 2.29. The number of rotatable bonds is 19. The molecule has 0 radical (unpaired) electrons. The smallest absolute Gasteiger partial charge is 0.271 e. The number of carbonyl (C=O) groups is 4. The molecule has 0 spiro atoms. The fourth-order valence-corrected chi connectivity index (χ4v) is 11.9. The van der Waals surface area contributed by atoms with E-state index in [0.717, 1.165) is 80.2 Å². The molecule has 4 aliphatic heterocycles. The molecule has 2 fully saturated rings. The summed E-state index contributed by atoms with van der Waals surface area (Å²) < 4.78 is 11.7. The third-order valence-electron chi connectivity index (χ3n) is 16.2. The third kappa shape index (κ3) is 20.9. The van der Waals surface area contributed by atoms with Crippen LogP contribution in [0, 0.1) is 0 Å². The maximum absolute atomic E-state index is 13.9. The van der Waals surface area contributed by atoms with Gasteiger partial charge in [0.1, 0.15) is 23.2 Å². The zero-order chi connectivity index (χ0) is 66.9. The monoisotopic (exact) mass is 1390 g/mol. The molecule has 22 heteroatoms. The summed E-state index contributed by atoms with van der Waals surface area (Å²) in [5, 5.41) is 6.65. The quantitative estimate of drug-likeness (QED) is 0.0609. The minimum atomic E-state index is -1.16. The molecule has 0 aromatic heterocycles. The predicted molar refractivity (Wildman–Crippen MR) is 377 cm³/mol. The van der Waals surface area contributed by atoms with Crippen molar-refractivity contribution in [3.8, 4) is 11.5 Å². The second-order valence-electron chi connectivity index (χ2n) is 23.7. The lowest BCUT2D eigenvalue weighted by molar-refractivity contribution is -0.141. The SMILES string of the molecule is CC(C)(Oc1ccc(C(=O)c2ccc(Cl)cc2)cc1)C(=O)Cl.CCN(CC)CC.CN1CCN(Cc2ccc(Cl)cc2Cl)C(C2=NCCN2)C1.CN1CCN(Cc2ccc(Cl)cc2Cl)CC1C1=NCCN1C(=O)C(C)(C)Oc1ccc(C(=O)c2ccc(Cl)cc2)cc1. The highest BCUT2D eigenvalue weighted by Gasteiger charge is 2.42. The van der Waals surface area contributed by atoms with Crippen molar-refractivity contribution in [1.82, 2.24) is 34.7 Å². The van der Waals surface area contributed by atoms with Gasteiger partial charge in [0.05, 0.1) is 25.2 Å². The summed E-state index contributed by atoms with van der Waals surface area (Å²) in [5.74, 6) is 2.45. The molecule has 2 saturated heterocycles. The molecule has 1 N–H and O–H groups in total. The van der Waals surface area contributed by atoms with Crippen LogP contribution in [0.1, 0.15) is 91.4 Å². The van der Waals surface area contributed by atoms with E-state index < -0.39 is 16.4 Å². The van der Waals surface area contributed by atoms with Gasteiger partial charge in [-0.1, -0.05) is 103 Å². The topological polar surface area (TPSA) is 143 Å². The Labute approximate surface area is 577 Å². The van der Waals surface area contributed by atoms with Gasteiger partial charge in [-0.05, 0) is 205 Å². The van der Waals surface area contributed by atoms with E-state index in [2.05, 4.69) is 69.7 Å². The maximum Gasteiger partial charge on any atom is 0.271 e. The second kappa shape index (κ2) is 34.7. The summed E-state index contributed by atoms with van der Waals surface area (Å²) in [7, 11) is 4.23. The molecule has 1 amide bonds. The molecule has 15 nitrogen and oxygen atoms in total. The van der Waals surface area contributed by atoms with Gasteiger partial charge in [-0.15, -0.1) is 0 Å². The highest BCUT2D eigenvalue weighted by molar-refractivity contribution is 6.65. The van der Waals surface area contributed by atoms with E-state index in [9.17, 15) is 19.2 Å². The van der Waals surface area contributed by atoms with Gasteiger partial charge in [-0.2, -0.15) is 0 Å². The van der Waals surface area contributed by atoms with Gasteiger partial charge in [-0.25, -0.2) is 0 Å². The molecule has 0 saturated carbocycles. The lowest BCUT2D eigenvalue weighted by Gasteiger charge is -2.42. The number of ether oxygens (including phenoxy) is 2. The minimum Gasteiger partial charge on any atom is -0.479 e. The van der Waals surface area contributed by atoms with E-state index in [4.69, 9.17) is 95.7 Å². The van der Waals surface area contributed by atoms with E-state index in [1.807, 2.05) is 30.3 Å². The molecule has 0 bridgehead atoms. The second-order valence-corrected chi connectivity index (χ2v) is 26.6. The predicted octanol–water partition coefficient (Wildman–Crippen LogP) is 14.0. The molecule has 2 unspecified atom stereocenters. The number of amidine groups is 2. The standard InChI is InChI=1S/C32H33Cl3N4O3.C17H14Cl2O3.C15H20Cl2N4.C6H15N/c1-32(2,42-26-12-7-22(8-13-26)29(40)21-4-9-24(33)10-5-21)31(41)39-15-14-36-30(39)28-20-38(17-16-37(28)3)19-23-6-11-25(34)18-27(23)35;1-17(2,16(19)21)22-14-9-5-12(6-10-14)15(20)11-3-7-13(18)8-4-11;1-20-6-7-21(14(10-20)15-18-4-5-19-15)9-11-2-3-12(16)8-13(11)17;1-4-7(5-2)6-3/h4-13,18,28H,14-17,19-20H2,1-3H3;3-10H,1-2H3;2-3,8,14H,4-7,9-10H2,1H3,(H,18,19);4-6H2,1-3H3. The molecule has 10 rings (SSSR count). The first-order chi connectivity index (χ1) is 43.8. The normalized spacial score (nSPS) is 17.2. The Balaban J connectivity index is 0.000000201. The number of benzene rings is 6. The molecule has 6 aromatic rings. The number of carbonyl (C=O) groups excluding carboxylic acids is 4. The average molecular weight is 1390 g/mol. The lowest BCUT2D eigenvalue weighted by Crippen LogP contribution is -2.60. The van der Waals surface area contributed by atoms with Crippen LogP contribution < -0.4 is 14.8 Å². The maximum atomic E-state index is 13.9. The number of hydrogen-bond acceptors (Lipinski definition) is 14. The number of piperazine rings is 2. The Bertz CT molecular complexity index is 3510. The van der Waals surface area contributed by atoms with Crippen molar-refractivity contribution in [3.05, 3.63) is 197 Å². The van der Waals surface area contributed by atoms with E-state index in [-0.39, 0.29) is 23.5 Å². The Morgan fingerprint density at radius 2 is 1.01 bits per heavy atom. The summed E-state index contributed by atoms with van der Waals surface area (Å²) in [5.41, 5.74) is 1.99. The van der Waals surface area contributed by atoms with Crippen molar-refractivity contribution in [2.75, 3.05) is 99.2 Å². The zero-order valence-corrected chi connectivity index (χ0v) is 58.9. The van der Waals surface area contributed by atoms with Crippen molar-refractivity contribution < 1.29 is 28.7 Å². The van der Waals surface area contributed by atoms with Crippen LogP contribution in [0.15, 0.2) is 143 Å². The fraction of sp³-hybridized carbons (Fsp3) is 0.400. The average Bonchev–Trinajstić information content (AvgIpc) is 1.52. The highest BCUT2D eigenvalue weighted by atomic mass is 35.5. The summed E-state index contributed by atoms with van der Waals surface area (Å²) in [4.78, 5) is 73.1. The summed E-state index contributed by atoms with van der Waals surface area (Å²) in [6, 6.07) is 38.4. The van der Waals surface area contributed by atoms with Crippen LogP contribution in [-0.4, -0.2) is 186 Å². The summed E-state index contributed by atoms with van der Waals surface area (Å²) in [6.07, 6.45) is 0. The molecule has 2 atom stereocenters. The van der Waals surface area contributed by atoms with Crippen LogP contribution in [0.3, 0.4) is 0 Å². The van der Waals surface area contributed by atoms with Crippen LogP contribution in [0.5, 0.6) is 11.5 Å². The lowest BCUT2D eigenvalue weighted by atomic mass is 10.0. The van der Waals surface area contributed by atoms with Crippen molar-refractivity contribution in [2.45, 2.75) is 84.8 Å². The van der Waals surface area contributed by atoms with Crippen LogP contribution >= 0.6 is 81.2 Å². The molecule has 0 aliphatic carbocycles. The Morgan fingerprint density at radius 3 is 1.46 bits per heavy atom. The molecule has 492 valence electrons. The zero-order valence-electron chi connectivity index (χ0n) is 53.6. The van der Waals surface area contributed by atoms with Gasteiger partial charge in [0.25, 0.3) is 11.1 Å². The largest absolute Gasteiger partial charge is 0.479 e. The molecule has 6 aromatic carbocycles. The van der Waals surface area contributed by atoms with E-state index in [0.29, 0.717) is 91.1 Å². The Hall–Kier alpha value is -5.63. The first-order valence-corrected chi connectivity index (χ1v) is 33.4. The Kier molecular flexibility index (Phi) is 27.8. The van der Waals surface area contributed by atoms with E-state index in [1.54, 1.807) is 136 Å². The van der Waals surface area contributed by atoms with Crippen LogP contribution in [0.4, 0.5) is 0 Å². The first-order valence-electron chi connectivity index (χ1n) is 30.8. The van der Waals surface area contributed by atoms with Crippen molar-refractivity contribution >= 4 is 116 Å². The number of likely N-dealkylation sites (N-methyl/N-ethyl adjacent to an activating group) is 2. The van der Waals surface area contributed by atoms with Gasteiger partial charge >= 0.3 is 0 Å². The van der Waals surface area contributed by atoms with Crippen LogP contribution in [0.2, 0.25) is 30.1 Å². The summed E-state index contributed by atoms with van der Waals surface area (Å²) >= 11 is 42.0. The van der Waals surface area contributed by atoms with E-state index in [1.165, 1.54) is 19.6 Å². The van der Waals surface area contributed by atoms with Crippen molar-refractivity contribution in [1.29, 1.82) is 0 Å². The van der Waals surface area contributed by atoms with Gasteiger partial charge in [0.15, 0.2) is 22.8 Å². The number of ketones is 2. The fourth-order valence-electron chi connectivity index (χ4n) is 10.7. The molecule has 4 heterocycles. The van der Waals surface area contributed by atoms with Gasteiger partial charge in [0, 0.05) is 118 Å². The van der Waals surface area contributed by atoms with Crippen molar-refractivity contribution in [3.63, 3.8) is 0 Å². The number of aliphatic imine (C=N–C) groups is 2. The Morgan fingerprint density at radius 1 is 0.543 bits per heavy atom. The molecule has 4 aliphatic rings. The minimum absolute atomic E-state index is 0.0507. The number of hydrogen-bond donors (Lipinski definition) is 1. The first kappa shape index (κ1) is 73.8. The van der Waals surface area contributed by atoms with Crippen molar-refractivity contribution in [2.24, 2.45) is 9.98 Å². The third-order valence-corrected chi connectivity index (χ3v) is 18.3. The molecular formula is C70H82Cl7N9O6. The molecule has 92 heavy (non-hydrogen) atoms. The number of nitrogens with one attached hydrogen (secondary N) is 1. The number of halogens is 7. The van der Waals surface area contributed by atoms with Gasteiger partial charge in [-0.3, -0.25) is 48.8 Å². The van der Waals surface area contributed by atoms with Crippen LogP contribution in [0.25, 0.3) is 0 Å². The van der Waals surface area contributed by atoms with Gasteiger partial charge in [0.2, 0.25) is 0 Å². The molecular weight excluding hydrogens is 1310 g/mol. The van der Waals surface area contributed by atoms with E-state index >= 15 is 0 Å². The van der Waals surface area contributed by atoms with Gasteiger partial charge < -0.3 is 24.6 Å². The van der Waals surface area contributed by atoms with Crippen LogP contribution in [-0.2, 0) is 22.7 Å². The number of amides is 1.